The maximum absolute atomic E-state index is 12.2. The van der Waals surface area contributed by atoms with E-state index < -0.39 is 0 Å². The predicted octanol–water partition coefficient (Wildman–Crippen LogP) is 2.82. The largest absolute Gasteiger partial charge is 0.497 e. The number of rotatable bonds is 6. The first-order chi connectivity index (χ1) is 12.6. The van der Waals surface area contributed by atoms with E-state index in [1.54, 1.807) is 27.4 Å². The fraction of sp³-hybridized carbons (Fsp3) is 0.200. The molecule has 0 fully saturated rings. The quantitative estimate of drug-likeness (QED) is 0.812. The van der Waals surface area contributed by atoms with E-state index in [2.05, 4.69) is 10.3 Å². The van der Waals surface area contributed by atoms with Gasteiger partial charge in [0, 0.05) is 6.42 Å². The lowest BCUT2D eigenvalue weighted by molar-refractivity contribution is -0.115. The van der Waals surface area contributed by atoms with Crippen LogP contribution >= 0.6 is 0 Å². The summed E-state index contributed by atoms with van der Waals surface area (Å²) in [5.74, 6) is 2.46. The van der Waals surface area contributed by atoms with Crippen molar-refractivity contribution in [2.45, 2.75) is 6.42 Å². The summed E-state index contributed by atoms with van der Waals surface area (Å²) >= 11 is 0. The van der Waals surface area contributed by atoms with E-state index in [0.29, 0.717) is 29.5 Å². The zero-order valence-corrected chi connectivity index (χ0v) is 14.9. The highest BCUT2D eigenvalue weighted by molar-refractivity contribution is 6.14. The Bertz CT molecular complexity index is 870. The van der Waals surface area contributed by atoms with Crippen LogP contribution in [0.2, 0.25) is 0 Å². The Kier molecular flexibility index (Phi) is 5.22. The molecule has 1 aliphatic rings. The normalized spacial score (nSPS) is 14.8. The van der Waals surface area contributed by atoms with Crippen molar-refractivity contribution in [3.8, 4) is 17.2 Å². The molecule has 2 aromatic rings. The first-order valence-electron chi connectivity index (χ1n) is 8.08. The van der Waals surface area contributed by atoms with Crippen LogP contribution in [0.3, 0.4) is 0 Å². The Hall–Kier alpha value is -3.28. The number of nitrogens with zero attached hydrogens (tertiary/aromatic N) is 1. The van der Waals surface area contributed by atoms with Gasteiger partial charge in [0.05, 0.1) is 21.3 Å². The number of nitrogens with one attached hydrogen (secondary N) is 1. The van der Waals surface area contributed by atoms with E-state index in [0.717, 1.165) is 16.9 Å². The van der Waals surface area contributed by atoms with Gasteiger partial charge in [-0.15, -0.1) is 0 Å². The average molecular weight is 352 g/mol. The van der Waals surface area contributed by atoms with Crippen molar-refractivity contribution in [1.29, 1.82) is 0 Å². The van der Waals surface area contributed by atoms with Crippen molar-refractivity contribution in [3.05, 3.63) is 59.3 Å². The summed E-state index contributed by atoms with van der Waals surface area (Å²) < 4.78 is 15.7. The Morgan fingerprint density at radius 1 is 0.962 bits per heavy atom. The first kappa shape index (κ1) is 17.5. The number of amides is 1. The molecule has 1 aliphatic heterocycles. The smallest absolute Gasteiger partial charge is 0.275 e. The zero-order valence-electron chi connectivity index (χ0n) is 14.9. The summed E-state index contributed by atoms with van der Waals surface area (Å²) in [6.45, 7) is 0. The van der Waals surface area contributed by atoms with Crippen LogP contribution in [0.1, 0.15) is 11.1 Å². The van der Waals surface area contributed by atoms with Crippen LogP contribution in [-0.4, -0.2) is 33.1 Å². The van der Waals surface area contributed by atoms with Gasteiger partial charge in [0.2, 0.25) is 0 Å². The fourth-order valence-corrected chi connectivity index (χ4v) is 2.64. The van der Waals surface area contributed by atoms with Crippen LogP contribution in [0.25, 0.3) is 6.08 Å². The molecule has 26 heavy (non-hydrogen) atoms. The zero-order chi connectivity index (χ0) is 18.5. The topological polar surface area (TPSA) is 69.2 Å². The third kappa shape index (κ3) is 3.85. The van der Waals surface area contributed by atoms with Crippen molar-refractivity contribution in [2.75, 3.05) is 21.3 Å². The third-order valence-electron chi connectivity index (χ3n) is 3.98. The molecule has 134 valence electrons. The molecule has 6 heteroatoms. The van der Waals surface area contributed by atoms with E-state index in [-0.39, 0.29) is 5.91 Å². The van der Waals surface area contributed by atoms with Crippen molar-refractivity contribution in [3.63, 3.8) is 0 Å². The molecule has 2 aromatic carbocycles. The van der Waals surface area contributed by atoms with Crippen LogP contribution in [0.4, 0.5) is 0 Å². The maximum Gasteiger partial charge on any atom is 0.275 e. The van der Waals surface area contributed by atoms with Crippen LogP contribution in [0.5, 0.6) is 17.2 Å². The summed E-state index contributed by atoms with van der Waals surface area (Å²) in [5, 5.41) is 2.81. The molecule has 0 bridgehead atoms. The Balaban J connectivity index is 1.78. The van der Waals surface area contributed by atoms with Gasteiger partial charge < -0.3 is 19.5 Å². The number of amidine groups is 1. The summed E-state index contributed by atoms with van der Waals surface area (Å²) in [6.07, 6.45) is 2.24. The van der Waals surface area contributed by atoms with Crippen LogP contribution in [0.15, 0.2) is 53.2 Å². The van der Waals surface area contributed by atoms with Crippen molar-refractivity contribution in [2.24, 2.45) is 4.99 Å². The molecule has 0 spiro atoms. The number of aliphatic imine (C=N–C) groups is 1. The second kappa shape index (κ2) is 7.74. The molecule has 0 unspecified atom stereocenters. The lowest BCUT2D eigenvalue weighted by atomic mass is 10.1. The lowest BCUT2D eigenvalue weighted by Gasteiger charge is -2.09. The SMILES string of the molecule is COc1ccc(/C=C2/N=C(Cc3ccc(OC)c(OC)c3)NC2=O)cc1. The average Bonchev–Trinajstić information content (AvgIpc) is 3.01. The molecule has 1 heterocycles. The summed E-state index contributed by atoms with van der Waals surface area (Å²) in [5.41, 5.74) is 2.23. The van der Waals surface area contributed by atoms with Gasteiger partial charge in [-0.05, 0) is 41.5 Å². The van der Waals surface area contributed by atoms with Crippen LogP contribution in [0, 0.1) is 0 Å². The van der Waals surface area contributed by atoms with Crippen molar-refractivity contribution < 1.29 is 19.0 Å². The lowest BCUT2D eigenvalue weighted by Crippen LogP contribution is -2.25. The highest BCUT2D eigenvalue weighted by Gasteiger charge is 2.20. The Morgan fingerprint density at radius 3 is 2.35 bits per heavy atom. The number of hydrogen-bond acceptors (Lipinski definition) is 5. The van der Waals surface area contributed by atoms with E-state index in [4.69, 9.17) is 14.2 Å². The van der Waals surface area contributed by atoms with Gasteiger partial charge in [0.25, 0.3) is 5.91 Å². The molecule has 0 saturated carbocycles. The number of ether oxygens (including phenoxy) is 3. The second-order valence-corrected chi connectivity index (χ2v) is 5.68. The molecule has 1 amide bonds. The molecule has 6 nitrogen and oxygen atoms in total. The number of benzene rings is 2. The van der Waals surface area contributed by atoms with Gasteiger partial charge in [-0.25, -0.2) is 4.99 Å². The minimum atomic E-state index is -0.212. The molecule has 0 aromatic heterocycles. The highest BCUT2D eigenvalue weighted by Crippen LogP contribution is 2.28. The number of carbonyl (C=O) groups is 1. The number of hydrogen-bond donors (Lipinski definition) is 1. The highest BCUT2D eigenvalue weighted by atomic mass is 16.5. The van der Waals surface area contributed by atoms with Gasteiger partial charge in [-0.3, -0.25) is 4.79 Å². The van der Waals surface area contributed by atoms with E-state index >= 15 is 0 Å². The van der Waals surface area contributed by atoms with E-state index in [9.17, 15) is 4.79 Å². The van der Waals surface area contributed by atoms with E-state index in [1.165, 1.54) is 0 Å². The molecule has 0 aliphatic carbocycles. The predicted molar refractivity (Wildman–Crippen MR) is 99.8 cm³/mol. The Labute approximate surface area is 152 Å². The first-order valence-corrected chi connectivity index (χ1v) is 8.08. The molecular formula is C20H20N2O4. The van der Waals surface area contributed by atoms with Gasteiger partial charge in [0.1, 0.15) is 17.3 Å². The number of methoxy groups -OCH3 is 3. The summed E-state index contributed by atoms with van der Waals surface area (Å²) in [7, 11) is 4.80. The van der Waals surface area contributed by atoms with E-state index in [1.807, 2.05) is 42.5 Å². The van der Waals surface area contributed by atoms with Crippen LogP contribution < -0.4 is 19.5 Å². The maximum atomic E-state index is 12.2. The monoisotopic (exact) mass is 352 g/mol. The molecule has 1 N–H and O–H groups in total. The van der Waals surface area contributed by atoms with Crippen LogP contribution in [-0.2, 0) is 11.2 Å². The van der Waals surface area contributed by atoms with Crippen molar-refractivity contribution in [1.82, 2.24) is 5.32 Å². The molecule has 0 saturated heterocycles. The molecular weight excluding hydrogens is 332 g/mol. The molecule has 3 rings (SSSR count). The summed E-state index contributed by atoms with van der Waals surface area (Å²) in [6, 6.07) is 13.1. The summed E-state index contributed by atoms with van der Waals surface area (Å²) in [4.78, 5) is 16.6. The van der Waals surface area contributed by atoms with Gasteiger partial charge >= 0.3 is 0 Å². The third-order valence-corrected chi connectivity index (χ3v) is 3.98. The fourth-order valence-electron chi connectivity index (χ4n) is 2.64. The standard InChI is InChI=1S/C20H20N2O4/c1-24-15-7-4-13(5-8-15)10-16-20(23)22-19(21-16)12-14-6-9-17(25-2)18(11-14)26-3/h4-11H,12H2,1-3H3,(H,21,22,23)/b16-10+. The van der Waals surface area contributed by atoms with Gasteiger partial charge in [-0.1, -0.05) is 18.2 Å². The van der Waals surface area contributed by atoms with Gasteiger partial charge in [0.15, 0.2) is 11.5 Å². The minimum absolute atomic E-state index is 0.212. The van der Waals surface area contributed by atoms with Crippen molar-refractivity contribution >= 4 is 17.8 Å². The van der Waals surface area contributed by atoms with Gasteiger partial charge in [-0.2, -0.15) is 0 Å². The minimum Gasteiger partial charge on any atom is -0.497 e. The number of carbonyl (C=O) groups excluding carboxylic acids is 1. The molecule has 0 radical (unpaired) electrons. The Morgan fingerprint density at radius 2 is 1.69 bits per heavy atom. The second-order valence-electron chi connectivity index (χ2n) is 5.68. The molecule has 0 atom stereocenters.